The molecule has 0 aliphatic carbocycles. The average molecular weight is 605 g/mol. The lowest BCUT2D eigenvalue weighted by molar-refractivity contribution is 1.41. The van der Waals surface area contributed by atoms with E-state index in [1.165, 1.54) is 0 Å². The molecule has 0 unspecified atom stereocenters. The number of hydrogen-bond acceptors (Lipinski definition) is 2. The number of rotatable bonds is 6. The zero-order valence-electron chi connectivity index (χ0n) is 12.7. The van der Waals surface area contributed by atoms with E-state index in [9.17, 15) is 0 Å². The molecule has 0 aliphatic rings. The van der Waals surface area contributed by atoms with Gasteiger partial charge in [0.2, 0.25) is 0 Å². The van der Waals surface area contributed by atoms with Gasteiger partial charge in [-0.2, -0.15) is 0 Å². The molecular weight excluding hydrogens is 599 g/mol. The minimum absolute atomic E-state index is 0.136. The molecule has 0 saturated heterocycles. The van der Waals surface area contributed by atoms with Crippen molar-refractivity contribution in [2.24, 2.45) is 0 Å². The summed E-state index contributed by atoms with van der Waals surface area (Å²) in [4.78, 5) is 0. The lowest BCUT2D eigenvalue weighted by Crippen LogP contribution is -1.91. The summed E-state index contributed by atoms with van der Waals surface area (Å²) in [5, 5.41) is 2.82. The third kappa shape index (κ3) is 5.64. The second-order valence-corrected chi connectivity index (χ2v) is 11.0. The summed E-state index contributed by atoms with van der Waals surface area (Å²) in [6, 6.07) is 0. The largest absolute Gasteiger partial charge is 0.146 e. The van der Waals surface area contributed by atoms with Crippen molar-refractivity contribution in [3.8, 4) is 0 Å². The van der Waals surface area contributed by atoms with Crippen LogP contribution in [0.15, 0.2) is 0 Å². The molecular formula is C15H6Cl10S2. The Morgan fingerprint density at radius 3 is 0.852 bits per heavy atom. The predicted molar refractivity (Wildman–Crippen MR) is 130 cm³/mol. The first-order valence-corrected chi connectivity index (χ1v) is 12.8. The minimum Gasteiger partial charge on any atom is -0.146 e. The van der Waals surface area contributed by atoms with Crippen LogP contribution in [0.1, 0.15) is 11.1 Å². The fourth-order valence-electron chi connectivity index (χ4n) is 1.90. The van der Waals surface area contributed by atoms with Gasteiger partial charge in [0.05, 0.1) is 50.2 Å². The van der Waals surface area contributed by atoms with Gasteiger partial charge >= 0.3 is 0 Å². The Morgan fingerprint density at radius 2 is 0.593 bits per heavy atom. The van der Waals surface area contributed by atoms with E-state index >= 15 is 0 Å². The Labute approximate surface area is 215 Å². The summed E-state index contributed by atoms with van der Waals surface area (Å²) in [5.41, 5.74) is 1.24. The van der Waals surface area contributed by atoms with Crippen molar-refractivity contribution in [1.29, 1.82) is 0 Å². The number of hydrogen-bond donors (Lipinski definition) is 0. The molecule has 0 aromatic heterocycles. The molecule has 2 aromatic carbocycles. The van der Waals surface area contributed by atoms with Gasteiger partial charge in [0, 0.05) is 27.7 Å². The Bertz CT molecular complexity index is 754. The van der Waals surface area contributed by atoms with Crippen LogP contribution >= 0.6 is 140 Å². The van der Waals surface area contributed by atoms with Crippen molar-refractivity contribution in [3.05, 3.63) is 61.4 Å². The van der Waals surface area contributed by atoms with Crippen molar-refractivity contribution in [3.63, 3.8) is 0 Å². The van der Waals surface area contributed by atoms with Crippen LogP contribution in [0.3, 0.4) is 0 Å². The Hall–Kier alpha value is 2.04. The number of thioether (sulfide) groups is 2. The molecule has 0 heterocycles. The summed E-state index contributed by atoms with van der Waals surface area (Å²) in [7, 11) is 0. The minimum atomic E-state index is 0.136. The first-order valence-electron chi connectivity index (χ1n) is 6.75. The van der Waals surface area contributed by atoms with Crippen molar-refractivity contribution in [1.82, 2.24) is 0 Å². The van der Waals surface area contributed by atoms with Crippen molar-refractivity contribution >= 4 is 140 Å². The summed E-state index contributed by atoms with van der Waals surface area (Å²) in [5.74, 6) is 0.982. The predicted octanol–water partition coefficient (Wildman–Crippen LogP) is 11.3. The topological polar surface area (TPSA) is 0 Å². The molecule has 2 rings (SSSR count). The van der Waals surface area contributed by atoms with Gasteiger partial charge in [-0.05, 0) is 0 Å². The van der Waals surface area contributed by atoms with Crippen LogP contribution in [-0.4, -0.2) is 5.08 Å². The van der Waals surface area contributed by atoms with Crippen LogP contribution in [0.25, 0.3) is 0 Å². The van der Waals surface area contributed by atoms with Gasteiger partial charge in [0.15, 0.2) is 0 Å². The molecule has 0 N–H and O–H groups in total. The van der Waals surface area contributed by atoms with Crippen LogP contribution in [0.4, 0.5) is 0 Å². The molecule has 0 amide bonds. The SMILES string of the molecule is Clc1c(Cl)c(Cl)c(CSCSCc2c(Cl)c(Cl)c(Cl)c(Cl)c2Cl)c(Cl)c1Cl. The number of benzene rings is 2. The highest BCUT2D eigenvalue weighted by Gasteiger charge is 2.20. The van der Waals surface area contributed by atoms with Crippen LogP contribution in [0, 0.1) is 0 Å². The molecule has 0 atom stereocenters. The molecule has 0 aliphatic heterocycles. The highest BCUT2D eigenvalue weighted by atomic mass is 35.5. The van der Waals surface area contributed by atoms with Gasteiger partial charge in [-0.25, -0.2) is 0 Å². The molecule has 2 aromatic rings. The van der Waals surface area contributed by atoms with Gasteiger partial charge < -0.3 is 0 Å². The van der Waals surface area contributed by atoms with Crippen LogP contribution in [0.5, 0.6) is 0 Å². The zero-order valence-corrected chi connectivity index (χ0v) is 21.9. The van der Waals surface area contributed by atoms with Gasteiger partial charge in [-0.15, -0.1) is 23.5 Å². The highest BCUT2D eigenvalue weighted by molar-refractivity contribution is 8.15. The molecule has 0 fully saturated rings. The fourth-order valence-corrected chi connectivity index (χ4v) is 6.96. The van der Waals surface area contributed by atoms with Crippen molar-refractivity contribution in [2.45, 2.75) is 11.5 Å². The van der Waals surface area contributed by atoms with Crippen molar-refractivity contribution < 1.29 is 0 Å². The molecule has 0 nitrogen and oxygen atoms in total. The third-order valence-corrected chi connectivity index (χ3v) is 10.3. The highest BCUT2D eigenvalue weighted by Crippen LogP contribution is 2.47. The van der Waals surface area contributed by atoms with Gasteiger partial charge in [-0.3, -0.25) is 0 Å². The maximum Gasteiger partial charge on any atom is 0.0809 e. The Morgan fingerprint density at radius 1 is 0.370 bits per heavy atom. The maximum absolute atomic E-state index is 6.22. The van der Waals surface area contributed by atoms with Gasteiger partial charge in [-0.1, -0.05) is 116 Å². The smallest absolute Gasteiger partial charge is 0.0809 e. The van der Waals surface area contributed by atoms with Crippen LogP contribution in [0.2, 0.25) is 50.2 Å². The summed E-state index contributed by atoms with van der Waals surface area (Å²) < 4.78 is 0. The molecule has 12 heteroatoms. The van der Waals surface area contributed by atoms with Gasteiger partial charge in [0.25, 0.3) is 0 Å². The maximum atomic E-state index is 6.22. The van der Waals surface area contributed by atoms with Gasteiger partial charge in [0.1, 0.15) is 0 Å². The summed E-state index contributed by atoms with van der Waals surface area (Å²) >= 11 is 64.2. The zero-order chi connectivity index (χ0) is 20.5. The molecule has 0 spiro atoms. The summed E-state index contributed by atoms with van der Waals surface area (Å²) in [6.45, 7) is 0. The monoisotopic (exact) mass is 600 g/mol. The second-order valence-electron chi connectivity index (χ2n) is 4.91. The third-order valence-electron chi connectivity index (χ3n) is 3.26. The standard InChI is InChI=1S/C15H6Cl10S2/c16-6-4(7(17)11(21)14(24)10(6)20)1-26-3-27-2-5-8(18)12(22)15(25)13(23)9(5)19/h1-3H2. The van der Waals surface area contributed by atoms with E-state index in [1.54, 1.807) is 23.5 Å². The van der Waals surface area contributed by atoms with Crippen LogP contribution in [-0.2, 0) is 11.5 Å². The molecule has 0 saturated carbocycles. The fraction of sp³-hybridized carbons (Fsp3) is 0.200. The summed E-state index contributed by atoms with van der Waals surface area (Å²) in [6.07, 6.45) is 0. The van der Waals surface area contributed by atoms with E-state index in [0.29, 0.717) is 27.7 Å². The van der Waals surface area contributed by atoms with Crippen molar-refractivity contribution in [2.75, 3.05) is 5.08 Å². The normalized spacial score (nSPS) is 11.3. The van der Waals surface area contributed by atoms with E-state index in [0.717, 1.165) is 0 Å². The van der Waals surface area contributed by atoms with E-state index in [4.69, 9.17) is 116 Å². The molecule has 0 bridgehead atoms. The van der Waals surface area contributed by atoms with Crippen LogP contribution < -0.4 is 0 Å². The first-order chi connectivity index (χ1) is 12.6. The quantitative estimate of drug-likeness (QED) is 0.139. The van der Waals surface area contributed by atoms with E-state index in [2.05, 4.69) is 0 Å². The first kappa shape index (κ1) is 25.3. The Balaban J connectivity index is 2.02. The lowest BCUT2D eigenvalue weighted by Gasteiger charge is -2.13. The second kappa shape index (κ2) is 11.1. The van der Waals surface area contributed by atoms with E-state index in [1.807, 2.05) is 0 Å². The molecule has 0 radical (unpaired) electrons. The van der Waals surface area contributed by atoms with E-state index in [-0.39, 0.29) is 50.2 Å². The molecule has 27 heavy (non-hydrogen) atoms. The lowest BCUT2D eigenvalue weighted by atomic mass is 10.2. The Kier molecular flexibility index (Phi) is 10.4. The molecule has 148 valence electrons. The van der Waals surface area contributed by atoms with E-state index < -0.39 is 0 Å². The average Bonchev–Trinajstić information content (AvgIpc) is 2.66. The number of halogens is 10.